The number of esters is 1. The molecule has 0 bridgehead atoms. The van der Waals surface area contributed by atoms with E-state index in [4.69, 9.17) is 40.3 Å². The Morgan fingerprint density at radius 2 is 1.07 bits per heavy atom. The first-order valence-corrected chi connectivity index (χ1v) is 9.07. The first-order chi connectivity index (χ1) is 14.6. The van der Waals surface area contributed by atoms with E-state index >= 15 is 0 Å². The van der Waals surface area contributed by atoms with E-state index in [2.05, 4.69) is 30.1 Å². The van der Waals surface area contributed by atoms with Crippen molar-refractivity contribution >= 4 is 5.97 Å². The first-order valence-electron chi connectivity index (χ1n) is 9.07. The van der Waals surface area contributed by atoms with Crippen molar-refractivity contribution < 1.29 is 28.5 Å². The summed E-state index contributed by atoms with van der Waals surface area (Å²) in [5, 5.41) is 10.5. The van der Waals surface area contributed by atoms with Crippen molar-refractivity contribution in [2.75, 3.05) is 79.1 Å². The van der Waals surface area contributed by atoms with Gasteiger partial charge in [-0.15, -0.1) is 0 Å². The Bertz CT molecular complexity index is 565. The van der Waals surface area contributed by atoms with Crippen molar-refractivity contribution in [2.45, 2.75) is 6.92 Å². The van der Waals surface area contributed by atoms with E-state index in [-0.39, 0.29) is 45.4 Å². The van der Waals surface area contributed by atoms with E-state index in [1.54, 1.807) is 0 Å². The Labute approximate surface area is 173 Å². The molecule has 0 aliphatic carbocycles. The minimum absolute atomic E-state index is 0.0425. The Balaban J connectivity index is 3.90. The number of carbonyl (C=O) groups is 1. The lowest BCUT2D eigenvalue weighted by atomic mass is 9.89. The molecule has 0 aromatic carbocycles. The fourth-order valence-electron chi connectivity index (χ4n) is 2.02. The highest BCUT2D eigenvalue weighted by molar-refractivity contribution is 5.65. The topological polar surface area (TPSA) is 210 Å². The fraction of sp³-hybridized carbons (Fsp3) is 0.933. The predicted octanol–water partition coefficient (Wildman–Crippen LogP) is 2.53. The van der Waals surface area contributed by atoms with Crippen molar-refractivity contribution in [1.29, 1.82) is 0 Å². The molecule has 15 nitrogen and oxygen atoms in total. The molecule has 0 N–H and O–H groups in total. The van der Waals surface area contributed by atoms with Crippen LogP contribution in [0.2, 0.25) is 0 Å². The molecule has 0 heterocycles. The van der Waals surface area contributed by atoms with Gasteiger partial charge in [0.1, 0.15) is 6.61 Å². The Morgan fingerprint density at radius 1 is 0.700 bits per heavy atom. The summed E-state index contributed by atoms with van der Waals surface area (Å²) in [6.45, 7) is 3.85. The Kier molecular flexibility index (Phi) is 17.8. The van der Waals surface area contributed by atoms with Gasteiger partial charge in [0.15, 0.2) is 0 Å². The molecule has 15 heteroatoms. The number of rotatable bonds is 20. The number of ether oxygens (including phenoxy) is 5. The molecular formula is C15H27N9O6. The first kappa shape index (κ1) is 27.2. The minimum atomic E-state index is -0.913. The second kappa shape index (κ2) is 19.6. The van der Waals surface area contributed by atoms with E-state index < -0.39 is 5.41 Å². The molecule has 0 fully saturated rings. The van der Waals surface area contributed by atoms with E-state index in [0.717, 1.165) is 0 Å². The highest BCUT2D eigenvalue weighted by Crippen LogP contribution is 2.21. The average Bonchev–Trinajstić information content (AvgIpc) is 2.74. The highest BCUT2D eigenvalue weighted by Gasteiger charge is 2.28. The van der Waals surface area contributed by atoms with Gasteiger partial charge in [-0.3, -0.25) is 4.79 Å². The number of nitrogens with zero attached hydrogens (tertiary/aromatic N) is 9. The summed E-state index contributed by atoms with van der Waals surface area (Å²) in [5.74, 6) is -0.344. The van der Waals surface area contributed by atoms with Gasteiger partial charge in [0, 0.05) is 46.7 Å². The maximum absolute atomic E-state index is 10.5. The third-order valence-electron chi connectivity index (χ3n) is 3.47. The van der Waals surface area contributed by atoms with Crippen molar-refractivity contribution in [3.63, 3.8) is 0 Å². The van der Waals surface area contributed by atoms with Crippen LogP contribution in [0.3, 0.4) is 0 Å². The summed E-state index contributed by atoms with van der Waals surface area (Å²) in [4.78, 5) is 18.6. The molecule has 0 aliphatic rings. The van der Waals surface area contributed by atoms with Crippen molar-refractivity contribution in [2.24, 2.45) is 20.8 Å². The summed E-state index contributed by atoms with van der Waals surface area (Å²) >= 11 is 0. The molecule has 30 heavy (non-hydrogen) atoms. The average molecular weight is 429 g/mol. The third kappa shape index (κ3) is 16.2. The molecule has 0 amide bonds. The lowest BCUT2D eigenvalue weighted by Gasteiger charge is -2.28. The van der Waals surface area contributed by atoms with Crippen LogP contribution in [0.5, 0.6) is 0 Å². The van der Waals surface area contributed by atoms with Crippen LogP contribution in [-0.2, 0) is 28.5 Å². The minimum Gasteiger partial charge on any atom is -0.463 e. The van der Waals surface area contributed by atoms with E-state index in [1.807, 2.05) is 0 Å². The van der Waals surface area contributed by atoms with Crippen molar-refractivity contribution in [3.8, 4) is 0 Å². The smallest absolute Gasteiger partial charge is 0.302 e. The van der Waals surface area contributed by atoms with Crippen LogP contribution in [0.4, 0.5) is 0 Å². The van der Waals surface area contributed by atoms with Crippen LogP contribution in [0.25, 0.3) is 31.3 Å². The zero-order valence-corrected chi connectivity index (χ0v) is 17.0. The second-order valence-electron chi connectivity index (χ2n) is 5.90. The summed E-state index contributed by atoms with van der Waals surface area (Å²) in [6, 6.07) is 0. The lowest BCUT2D eigenvalue weighted by Crippen LogP contribution is -2.37. The van der Waals surface area contributed by atoms with Gasteiger partial charge in [0.05, 0.1) is 52.9 Å². The van der Waals surface area contributed by atoms with Crippen molar-refractivity contribution in [1.82, 2.24) is 0 Å². The number of hydrogen-bond acceptors (Lipinski definition) is 9. The third-order valence-corrected chi connectivity index (χ3v) is 3.47. The van der Waals surface area contributed by atoms with Gasteiger partial charge in [-0.1, -0.05) is 15.3 Å². The zero-order chi connectivity index (χ0) is 22.3. The largest absolute Gasteiger partial charge is 0.463 e. The zero-order valence-electron chi connectivity index (χ0n) is 17.0. The Morgan fingerprint density at radius 3 is 1.43 bits per heavy atom. The molecule has 0 rings (SSSR count). The van der Waals surface area contributed by atoms with Gasteiger partial charge in [-0.25, -0.2) is 0 Å². The van der Waals surface area contributed by atoms with Crippen LogP contribution in [0.1, 0.15) is 6.92 Å². The van der Waals surface area contributed by atoms with Crippen LogP contribution < -0.4 is 0 Å². The van der Waals surface area contributed by atoms with Gasteiger partial charge < -0.3 is 23.7 Å². The normalized spacial score (nSPS) is 12.0. The predicted molar refractivity (Wildman–Crippen MR) is 104 cm³/mol. The lowest BCUT2D eigenvalue weighted by molar-refractivity contribution is -0.142. The number of carbonyl (C=O) groups excluding carboxylic acids is 1. The van der Waals surface area contributed by atoms with Crippen LogP contribution >= 0.6 is 0 Å². The highest BCUT2D eigenvalue weighted by atomic mass is 16.6. The SMILES string of the molecule is CC(=O)OCCOCCOCCOCCOCC(CN=[N+]=[N-])(CN=[N+]=[N-])CN=[N+]=[N-]. The van der Waals surface area contributed by atoms with E-state index in [1.165, 1.54) is 6.92 Å². The number of hydrogen-bond donors (Lipinski definition) is 0. The summed E-state index contributed by atoms with van der Waals surface area (Å²) in [6.07, 6.45) is 0. The molecule has 168 valence electrons. The van der Waals surface area contributed by atoms with E-state index in [9.17, 15) is 4.79 Å². The van der Waals surface area contributed by atoms with E-state index in [0.29, 0.717) is 39.6 Å². The standard InChI is InChI=1S/C15H27N9O6/c1-14(25)30-9-8-28-5-4-26-2-3-27-6-7-29-13-15(10-19-22-16,11-20-23-17)12-21-24-18/h2-13H2,1H3. The molecule has 0 saturated heterocycles. The Hall–Kier alpha value is -2.76. The number of azide groups is 3. The maximum Gasteiger partial charge on any atom is 0.302 e. The molecule has 0 aliphatic heterocycles. The molecule has 0 spiro atoms. The van der Waals surface area contributed by atoms with Gasteiger partial charge >= 0.3 is 5.97 Å². The molecule has 0 aromatic rings. The van der Waals surface area contributed by atoms with Gasteiger partial charge in [0.2, 0.25) is 0 Å². The van der Waals surface area contributed by atoms with Crippen LogP contribution in [0.15, 0.2) is 15.3 Å². The molecule has 0 aromatic heterocycles. The molecule has 0 atom stereocenters. The maximum atomic E-state index is 10.5. The monoisotopic (exact) mass is 429 g/mol. The fourth-order valence-corrected chi connectivity index (χ4v) is 2.02. The van der Waals surface area contributed by atoms with Gasteiger partial charge in [-0.05, 0) is 16.6 Å². The summed E-state index contributed by atoms with van der Waals surface area (Å²) in [5.41, 5.74) is 24.7. The van der Waals surface area contributed by atoms with Crippen LogP contribution in [-0.4, -0.2) is 85.1 Å². The molecule has 0 unspecified atom stereocenters. The summed E-state index contributed by atoms with van der Waals surface area (Å²) in [7, 11) is 0. The molecule has 0 radical (unpaired) electrons. The van der Waals surface area contributed by atoms with Gasteiger partial charge in [-0.2, -0.15) is 0 Å². The van der Waals surface area contributed by atoms with Crippen LogP contribution in [0, 0.1) is 5.41 Å². The molecular weight excluding hydrogens is 402 g/mol. The molecule has 0 saturated carbocycles. The summed E-state index contributed by atoms with van der Waals surface area (Å²) < 4.78 is 26.1. The quantitative estimate of drug-likeness (QED) is 0.0931. The van der Waals surface area contributed by atoms with Crippen molar-refractivity contribution in [3.05, 3.63) is 31.3 Å². The second-order valence-corrected chi connectivity index (χ2v) is 5.90. The van der Waals surface area contributed by atoms with Gasteiger partial charge in [0.25, 0.3) is 0 Å².